The van der Waals surface area contributed by atoms with Crippen LogP contribution in [-0.4, -0.2) is 53.1 Å². The van der Waals surface area contributed by atoms with Crippen molar-refractivity contribution < 1.29 is 14.3 Å². The number of ether oxygens (including phenoxy) is 1. The maximum absolute atomic E-state index is 12.9. The molecule has 1 saturated heterocycles. The van der Waals surface area contributed by atoms with Crippen molar-refractivity contribution in [3.8, 4) is 12.3 Å². The largest absolute Gasteiger partial charge is 0.444 e. The van der Waals surface area contributed by atoms with E-state index >= 15 is 0 Å². The van der Waals surface area contributed by atoms with Crippen molar-refractivity contribution in [2.24, 2.45) is 0 Å². The van der Waals surface area contributed by atoms with Gasteiger partial charge in [0.1, 0.15) is 5.60 Å². The minimum atomic E-state index is -0.535. The first kappa shape index (κ1) is 18.9. The number of hydrogen-bond donors (Lipinski definition) is 0. The highest BCUT2D eigenvalue weighted by Gasteiger charge is 2.33. The molecule has 1 fully saturated rings. The number of nitrogens with zero attached hydrogens (tertiary/aromatic N) is 2. The monoisotopic (exact) mass is 342 g/mol. The standard InChI is InChI=1S/C20H26N2O3/c1-7-16-14(2)9-8-10-17(16)18(23)21-11-12-22(15(3)13-21)19(24)25-20(4,5)6/h1,8-10,15H,11-13H2,2-6H3. The third-order valence-electron chi connectivity index (χ3n) is 4.19. The molecule has 1 atom stereocenters. The van der Waals surface area contributed by atoms with Crippen molar-refractivity contribution in [2.75, 3.05) is 19.6 Å². The fourth-order valence-corrected chi connectivity index (χ4v) is 2.94. The Balaban J connectivity index is 2.11. The lowest BCUT2D eigenvalue weighted by Crippen LogP contribution is -2.56. The van der Waals surface area contributed by atoms with Gasteiger partial charge in [0.25, 0.3) is 5.91 Å². The Bertz CT molecular complexity index is 713. The second-order valence-corrected chi connectivity index (χ2v) is 7.42. The third kappa shape index (κ3) is 4.33. The summed E-state index contributed by atoms with van der Waals surface area (Å²) in [5, 5.41) is 0. The molecular formula is C20H26N2O3. The molecular weight excluding hydrogens is 316 g/mol. The molecule has 1 heterocycles. The Kier molecular flexibility index (Phi) is 5.42. The van der Waals surface area contributed by atoms with Crippen molar-refractivity contribution in [3.05, 3.63) is 34.9 Å². The fraction of sp³-hybridized carbons (Fsp3) is 0.500. The lowest BCUT2D eigenvalue weighted by Gasteiger charge is -2.40. The summed E-state index contributed by atoms with van der Waals surface area (Å²) in [6.45, 7) is 10.7. The molecule has 5 heteroatoms. The molecule has 1 aliphatic heterocycles. The van der Waals surface area contributed by atoms with Crippen molar-refractivity contribution in [2.45, 2.75) is 46.3 Å². The highest BCUT2D eigenvalue weighted by Crippen LogP contribution is 2.20. The molecule has 1 aliphatic rings. The van der Waals surface area contributed by atoms with Gasteiger partial charge in [0.05, 0.1) is 5.56 Å². The zero-order valence-corrected chi connectivity index (χ0v) is 15.6. The second kappa shape index (κ2) is 7.18. The van der Waals surface area contributed by atoms with E-state index in [9.17, 15) is 9.59 Å². The fourth-order valence-electron chi connectivity index (χ4n) is 2.94. The van der Waals surface area contributed by atoms with Crippen LogP contribution in [0.4, 0.5) is 4.79 Å². The van der Waals surface area contributed by atoms with Crippen LogP contribution in [0.15, 0.2) is 18.2 Å². The summed E-state index contributed by atoms with van der Waals surface area (Å²) in [5.41, 5.74) is 1.55. The number of carbonyl (C=O) groups excluding carboxylic acids is 2. The van der Waals surface area contributed by atoms with Gasteiger partial charge in [-0.05, 0) is 46.2 Å². The molecule has 0 aromatic heterocycles. The zero-order valence-electron chi connectivity index (χ0n) is 15.6. The molecule has 1 aromatic rings. The minimum absolute atomic E-state index is 0.0904. The van der Waals surface area contributed by atoms with E-state index in [1.54, 1.807) is 15.9 Å². The normalized spacial score (nSPS) is 17.8. The summed E-state index contributed by atoms with van der Waals surface area (Å²) >= 11 is 0. The minimum Gasteiger partial charge on any atom is -0.444 e. The van der Waals surface area contributed by atoms with Crippen LogP contribution in [-0.2, 0) is 4.74 Å². The first-order valence-electron chi connectivity index (χ1n) is 8.49. The van der Waals surface area contributed by atoms with E-state index in [-0.39, 0.29) is 18.0 Å². The molecule has 1 aromatic carbocycles. The molecule has 0 spiro atoms. The number of rotatable bonds is 1. The van der Waals surface area contributed by atoms with E-state index in [1.807, 2.05) is 46.8 Å². The quantitative estimate of drug-likeness (QED) is 0.737. The molecule has 0 aliphatic carbocycles. The summed E-state index contributed by atoms with van der Waals surface area (Å²) < 4.78 is 5.44. The Hall–Kier alpha value is -2.48. The van der Waals surface area contributed by atoms with E-state index in [0.29, 0.717) is 30.8 Å². The number of carbonyl (C=O) groups is 2. The average molecular weight is 342 g/mol. The number of terminal acetylenes is 1. The van der Waals surface area contributed by atoms with Crippen LogP contribution in [0, 0.1) is 19.3 Å². The van der Waals surface area contributed by atoms with Crippen LogP contribution in [0.25, 0.3) is 0 Å². The predicted molar refractivity (Wildman–Crippen MR) is 97.4 cm³/mol. The molecule has 2 rings (SSSR count). The van der Waals surface area contributed by atoms with Crippen LogP contribution in [0.5, 0.6) is 0 Å². The van der Waals surface area contributed by atoms with Gasteiger partial charge < -0.3 is 14.5 Å². The smallest absolute Gasteiger partial charge is 0.410 e. The highest BCUT2D eigenvalue weighted by atomic mass is 16.6. The molecule has 0 bridgehead atoms. The molecule has 0 N–H and O–H groups in total. The summed E-state index contributed by atoms with van der Waals surface area (Å²) in [7, 11) is 0. The Morgan fingerprint density at radius 2 is 1.96 bits per heavy atom. The maximum Gasteiger partial charge on any atom is 0.410 e. The number of aryl methyl sites for hydroxylation is 1. The second-order valence-electron chi connectivity index (χ2n) is 7.42. The first-order chi connectivity index (χ1) is 11.6. The van der Waals surface area contributed by atoms with Crippen molar-refractivity contribution in [1.82, 2.24) is 9.80 Å². The van der Waals surface area contributed by atoms with Gasteiger partial charge in [-0.2, -0.15) is 0 Å². The van der Waals surface area contributed by atoms with E-state index in [4.69, 9.17) is 11.2 Å². The topological polar surface area (TPSA) is 49.9 Å². The first-order valence-corrected chi connectivity index (χ1v) is 8.49. The summed E-state index contributed by atoms with van der Waals surface area (Å²) in [6, 6.07) is 5.38. The van der Waals surface area contributed by atoms with Gasteiger partial charge >= 0.3 is 6.09 Å². The Morgan fingerprint density at radius 3 is 2.52 bits per heavy atom. The molecule has 0 saturated carbocycles. The zero-order chi connectivity index (χ0) is 18.8. The number of piperazine rings is 1. The van der Waals surface area contributed by atoms with Gasteiger partial charge in [0, 0.05) is 31.2 Å². The maximum atomic E-state index is 12.9. The summed E-state index contributed by atoms with van der Waals surface area (Å²) in [5.74, 6) is 2.53. The van der Waals surface area contributed by atoms with Crippen molar-refractivity contribution >= 4 is 12.0 Å². The average Bonchev–Trinajstić information content (AvgIpc) is 2.52. The van der Waals surface area contributed by atoms with Crippen molar-refractivity contribution in [1.29, 1.82) is 0 Å². The van der Waals surface area contributed by atoms with Gasteiger partial charge in [-0.15, -0.1) is 6.42 Å². The Morgan fingerprint density at radius 1 is 1.28 bits per heavy atom. The van der Waals surface area contributed by atoms with Gasteiger partial charge in [-0.3, -0.25) is 4.79 Å². The van der Waals surface area contributed by atoms with Gasteiger partial charge in [-0.25, -0.2) is 4.79 Å². The third-order valence-corrected chi connectivity index (χ3v) is 4.19. The SMILES string of the molecule is C#Cc1c(C)cccc1C(=O)N1CCN(C(=O)OC(C)(C)C)C(C)C1. The molecule has 2 amide bonds. The van der Waals surface area contributed by atoms with Crippen molar-refractivity contribution in [3.63, 3.8) is 0 Å². The summed E-state index contributed by atoms with van der Waals surface area (Å²) in [6.07, 6.45) is 5.24. The number of amides is 2. The van der Waals surface area contributed by atoms with Gasteiger partial charge in [-0.1, -0.05) is 18.1 Å². The van der Waals surface area contributed by atoms with E-state index < -0.39 is 5.60 Å². The molecule has 25 heavy (non-hydrogen) atoms. The molecule has 5 nitrogen and oxygen atoms in total. The molecule has 1 unspecified atom stereocenters. The van der Waals surface area contributed by atoms with Crippen LogP contribution < -0.4 is 0 Å². The van der Waals surface area contributed by atoms with Gasteiger partial charge in [0.15, 0.2) is 0 Å². The van der Waals surface area contributed by atoms with Gasteiger partial charge in [0.2, 0.25) is 0 Å². The summed E-state index contributed by atoms with van der Waals surface area (Å²) in [4.78, 5) is 28.6. The van der Waals surface area contributed by atoms with Crippen LogP contribution in [0.2, 0.25) is 0 Å². The van der Waals surface area contributed by atoms with Crippen LogP contribution in [0.3, 0.4) is 0 Å². The lowest BCUT2D eigenvalue weighted by molar-refractivity contribution is 0.00198. The van der Waals surface area contributed by atoms with Crippen LogP contribution in [0.1, 0.15) is 49.2 Å². The van der Waals surface area contributed by atoms with E-state index in [1.165, 1.54) is 0 Å². The molecule has 134 valence electrons. The molecule has 0 radical (unpaired) electrons. The Labute approximate surface area is 149 Å². The lowest BCUT2D eigenvalue weighted by atomic mass is 10.0. The van der Waals surface area contributed by atoms with Crippen LogP contribution >= 0.6 is 0 Å². The predicted octanol–water partition coefficient (Wildman–Crippen LogP) is 3.06. The van der Waals surface area contributed by atoms with E-state index in [0.717, 1.165) is 5.56 Å². The number of hydrogen-bond acceptors (Lipinski definition) is 3. The van der Waals surface area contributed by atoms with E-state index in [2.05, 4.69) is 5.92 Å². The highest BCUT2D eigenvalue weighted by molar-refractivity contribution is 5.97. The number of benzene rings is 1.